The van der Waals surface area contributed by atoms with Gasteiger partial charge in [0.05, 0.1) is 0 Å². The van der Waals surface area contributed by atoms with Crippen molar-refractivity contribution in [1.82, 2.24) is 9.80 Å². The van der Waals surface area contributed by atoms with Crippen molar-refractivity contribution in [1.29, 1.82) is 0 Å². The Labute approximate surface area is 148 Å². The molecule has 2 aliphatic heterocycles. The molecule has 2 heterocycles. The van der Waals surface area contributed by atoms with E-state index in [1.807, 2.05) is 32.0 Å². The van der Waals surface area contributed by atoms with Gasteiger partial charge in [0, 0.05) is 38.0 Å². The van der Waals surface area contributed by atoms with Crippen LogP contribution in [0.25, 0.3) is 0 Å². The highest BCUT2D eigenvalue weighted by Crippen LogP contribution is 2.32. The van der Waals surface area contributed by atoms with E-state index in [1.165, 1.54) is 10.5 Å². The highest BCUT2D eigenvalue weighted by molar-refractivity contribution is 5.69. The molecule has 2 unspecified atom stereocenters. The van der Waals surface area contributed by atoms with Crippen LogP contribution in [0.3, 0.4) is 0 Å². The Bertz CT molecular complexity index is 618. The lowest BCUT2D eigenvalue weighted by Crippen LogP contribution is -2.39. The Morgan fingerprint density at radius 2 is 1.64 bits per heavy atom. The van der Waals surface area contributed by atoms with Gasteiger partial charge in [-0.15, -0.1) is 0 Å². The highest BCUT2D eigenvalue weighted by atomic mass is 16.6. The van der Waals surface area contributed by atoms with E-state index in [0.29, 0.717) is 26.2 Å². The molecule has 0 bridgehead atoms. The zero-order valence-electron chi connectivity index (χ0n) is 14.9. The van der Waals surface area contributed by atoms with Crippen molar-refractivity contribution in [3.8, 4) is 0 Å². The van der Waals surface area contributed by atoms with Crippen LogP contribution in [0.5, 0.6) is 0 Å². The molecule has 0 aromatic heterocycles. The highest BCUT2D eigenvalue weighted by Gasteiger charge is 2.44. The fraction of sp³-hybridized carbons (Fsp3) is 0.579. The van der Waals surface area contributed by atoms with E-state index in [0.717, 1.165) is 12.8 Å². The van der Waals surface area contributed by atoms with Gasteiger partial charge in [0.15, 0.2) is 0 Å². The number of ether oxygens (including phenoxy) is 1. The first-order valence-electron chi connectivity index (χ1n) is 8.84. The molecule has 1 N–H and O–H groups in total. The van der Waals surface area contributed by atoms with Crippen LogP contribution < -0.4 is 0 Å². The molecule has 2 aliphatic rings. The lowest BCUT2D eigenvalue weighted by atomic mass is 9.98. The molecular formula is C19H26N2O4. The monoisotopic (exact) mass is 346 g/mol. The van der Waals surface area contributed by atoms with Gasteiger partial charge in [0.1, 0.15) is 5.60 Å². The Morgan fingerprint density at radius 3 is 2.20 bits per heavy atom. The number of carbonyl (C=O) groups is 2. The predicted octanol–water partition coefficient (Wildman–Crippen LogP) is 3.08. The van der Waals surface area contributed by atoms with Crippen molar-refractivity contribution < 1.29 is 19.4 Å². The van der Waals surface area contributed by atoms with Crippen molar-refractivity contribution in [2.45, 2.75) is 32.3 Å². The molecule has 3 rings (SSSR count). The SMILES string of the molecule is CC(C)(CCc1ccccc1)OC(=O)N1CC2CN(C(=O)O)CC2C1. The topological polar surface area (TPSA) is 70.1 Å². The van der Waals surface area contributed by atoms with E-state index in [9.17, 15) is 9.59 Å². The summed E-state index contributed by atoms with van der Waals surface area (Å²) < 4.78 is 5.74. The molecule has 0 spiro atoms. The minimum absolute atomic E-state index is 0.232. The quantitative estimate of drug-likeness (QED) is 0.909. The Morgan fingerprint density at radius 1 is 1.08 bits per heavy atom. The normalized spacial score (nSPS) is 22.8. The number of nitrogens with zero attached hydrogens (tertiary/aromatic N) is 2. The number of rotatable bonds is 4. The molecule has 1 aromatic carbocycles. The van der Waals surface area contributed by atoms with Gasteiger partial charge in [0.2, 0.25) is 0 Å². The molecule has 0 radical (unpaired) electrons. The van der Waals surface area contributed by atoms with Crippen molar-refractivity contribution in [2.75, 3.05) is 26.2 Å². The van der Waals surface area contributed by atoms with Gasteiger partial charge in [-0.05, 0) is 32.3 Å². The average Bonchev–Trinajstić information content (AvgIpc) is 3.12. The summed E-state index contributed by atoms with van der Waals surface area (Å²) >= 11 is 0. The summed E-state index contributed by atoms with van der Waals surface area (Å²) in [7, 11) is 0. The molecule has 25 heavy (non-hydrogen) atoms. The third-order valence-electron chi connectivity index (χ3n) is 5.24. The van der Waals surface area contributed by atoms with Crippen LogP contribution >= 0.6 is 0 Å². The molecule has 6 nitrogen and oxygen atoms in total. The summed E-state index contributed by atoms with van der Waals surface area (Å²) in [5.74, 6) is 0.465. The van der Waals surface area contributed by atoms with E-state index >= 15 is 0 Å². The van der Waals surface area contributed by atoms with Gasteiger partial charge < -0.3 is 19.6 Å². The lowest BCUT2D eigenvalue weighted by molar-refractivity contribution is 0.0110. The van der Waals surface area contributed by atoms with Gasteiger partial charge in [-0.25, -0.2) is 9.59 Å². The molecule has 2 fully saturated rings. The molecule has 6 heteroatoms. The van der Waals surface area contributed by atoms with Crippen LogP contribution in [0, 0.1) is 11.8 Å². The summed E-state index contributed by atoms with van der Waals surface area (Å²) in [5.41, 5.74) is 0.702. The Kier molecular flexibility index (Phi) is 4.88. The van der Waals surface area contributed by atoms with Crippen LogP contribution in [0.15, 0.2) is 30.3 Å². The lowest BCUT2D eigenvalue weighted by Gasteiger charge is -2.29. The van der Waals surface area contributed by atoms with E-state index < -0.39 is 11.7 Å². The van der Waals surface area contributed by atoms with E-state index in [1.54, 1.807) is 4.90 Å². The molecule has 0 saturated carbocycles. The smallest absolute Gasteiger partial charge is 0.410 e. The van der Waals surface area contributed by atoms with E-state index in [2.05, 4.69) is 12.1 Å². The van der Waals surface area contributed by atoms with Crippen LogP contribution in [0.4, 0.5) is 9.59 Å². The maximum absolute atomic E-state index is 12.5. The number of hydrogen-bond donors (Lipinski definition) is 1. The molecule has 0 aliphatic carbocycles. The number of aryl methyl sites for hydroxylation is 1. The predicted molar refractivity (Wildman–Crippen MR) is 93.5 cm³/mol. The maximum Gasteiger partial charge on any atom is 0.410 e. The first kappa shape index (κ1) is 17.6. The van der Waals surface area contributed by atoms with Crippen LogP contribution in [-0.2, 0) is 11.2 Å². The number of carboxylic acid groups (broad SMARTS) is 1. The number of carbonyl (C=O) groups excluding carboxylic acids is 1. The first-order chi connectivity index (χ1) is 11.8. The summed E-state index contributed by atoms with van der Waals surface area (Å²) in [6.07, 6.45) is 0.468. The van der Waals surface area contributed by atoms with Crippen molar-refractivity contribution in [3.63, 3.8) is 0 Å². The number of fused-ring (bicyclic) bond motifs is 1. The summed E-state index contributed by atoms with van der Waals surface area (Å²) in [6, 6.07) is 10.2. The Balaban J connectivity index is 1.48. The van der Waals surface area contributed by atoms with Crippen molar-refractivity contribution in [3.05, 3.63) is 35.9 Å². The number of likely N-dealkylation sites (tertiary alicyclic amines) is 2. The number of amides is 2. The minimum atomic E-state index is -0.870. The van der Waals surface area contributed by atoms with Crippen LogP contribution in [0.1, 0.15) is 25.8 Å². The summed E-state index contributed by atoms with van der Waals surface area (Å²) in [4.78, 5) is 26.7. The second-order valence-electron chi connectivity index (χ2n) is 7.73. The van der Waals surface area contributed by atoms with Gasteiger partial charge in [-0.3, -0.25) is 0 Å². The maximum atomic E-state index is 12.5. The third-order valence-corrected chi connectivity index (χ3v) is 5.24. The molecule has 1 aromatic rings. The van der Waals surface area contributed by atoms with E-state index in [-0.39, 0.29) is 17.9 Å². The first-order valence-corrected chi connectivity index (χ1v) is 8.84. The number of benzene rings is 1. The van der Waals surface area contributed by atoms with E-state index in [4.69, 9.17) is 9.84 Å². The summed E-state index contributed by atoms with van der Waals surface area (Å²) in [5, 5.41) is 9.07. The minimum Gasteiger partial charge on any atom is -0.465 e. The molecule has 136 valence electrons. The van der Waals surface area contributed by atoms with Crippen LogP contribution in [0.2, 0.25) is 0 Å². The van der Waals surface area contributed by atoms with Crippen molar-refractivity contribution in [2.24, 2.45) is 11.8 Å². The molecule has 2 saturated heterocycles. The second kappa shape index (κ2) is 6.94. The zero-order valence-corrected chi connectivity index (χ0v) is 14.9. The second-order valence-corrected chi connectivity index (χ2v) is 7.73. The fourth-order valence-electron chi connectivity index (χ4n) is 3.74. The van der Waals surface area contributed by atoms with Gasteiger partial charge >= 0.3 is 12.2 Å². The average molecular weight is 346 g/mol. The number of hydrogen-bond acceptors (Lipinski definition) is 3. The fourth-order valence-corrected chi connectivity index (χ4v) is 3.74. The third kappa shape index (κ3) is 4.24. The molecule has 2 atom stereocenters. The largest absolute Gasteiger partial charge is 0.465 e. The zero-order chi connectivity index (χ0) is 18.0. The Hall–Kier alpha value is -2.24. The standard InChI is InChI=1S/C19H26N2O4/c1-19(2,9-8-14-6-4-3-5-7-14)25-18(24)21-12-15-10-20(17(22)23)11-16(15)13-21/h3-7,15-16H,8-13H2,1-2H3,(H,22,23). The van der Waals surface area contributed by atoms with Crippen LogP contribution in [-0.4, -0.2) is 58.9 Å². The van der Waals surface area contributed by atoms with Gasteiger partial charge in [-0.1, -0.05) is 30.3 Å². The van der Waals surface area contributed by atoms with Crippen molar-refractivity contribution >= 4 is 12.2 Å². The molecule has 2 amide bonds. The summed E-state index contributed by atoms with van der Waals surface area (Å²) in [6.45, 7) is 6.08. The van der Waals surface area contributed by atoms with Gasteiger partial charge in [0.25, 0.3) is 0 Å². The molecular weight excluding hydrogens is 320 g/mol. The van der Waals surface area contributed by atoms with Gasteiger partial charge in [-0.2, -0.15) is 0 Å².